The average molecular weight is 472 g/mol. The molecule has 3 amide bonds. The Morgan fingerprint density at radius 2 is 1.37 bits per heavy atom. The molecule has 0 aliphatic carbocycles. The summed E-state index contributed by atoms with van der Waals surface area (Å²) in [5.74, 6) is -0.586. The minimum atomic E-state index is -0.495. The van der Waals surface area contributed by atoms with Crippen LogP contribution in [0, 0.1) is 0 Å². The van der Waals surface area contributed by atoms with E-state index in [1.807, 2.05) is 30.3 Å². The third kappa shape index (κ3) is 7.04. The summed E-state index contributed by atoms with van der Waals surface area (Å²) in [7, 11) is 1.55. The molecule has 3 aromatic rings. The maximum Gasteiger partial charge on any atom is 0.269 e. The van der Waals surface area contributed by atoms with Crippen LogP contribution in [0.4, 0.5) is 5.69 Å². The Bertz CT molecular complexity index is 1220. The Morgan fingerprint density at radius 1 is 0.771 bits per heavy atom. The molecule has 3 aromatic carbocycles. The quantitative estimate of drug-likeness (QED) is 0.358. The van der Waals surface area contributed by atoms with Crippen molar-refractivity contribution in [3.05, 3.63) is 101 Å². The van der Waals surface area contributed by atoms with E-state index in [1.165, 1.54) is 6.08 Å². The van der Waals surface area contributed by atoms with E-state index >= 15 is 0 Å². The fraction of sp³-hybridized carbons (Fsp3) is 0.179. The molecule has 0 bridgehead atoms. The molecule has 0 atom stereocenters. The summed E-state index contributed by atoms with van der Waals surface area (Å²) >= 11 is 0. The summed E-state index contributed by atoms with van der Waals surface area (Å²) in [6.07, 6.45) is 2.89. The standard InChI is InChI=1S/C28H29N3O4/c1-28(2,3)22-14-9-20(10-15-22)26(33)29-23-16-11-21(12-17-23)27(34)31-30-25(32)18-13-19-7-5-6-8-24(19)35-4/h5-18H,1-4H3,(H,29,33)(H,30,32)(H,31,34)/b18-13+. The van der Waals surface area contributed by atoms with Gasteiger partial charge in [0.05, 0.1) is 7.11 Å². The summed E-state index contributed by atoms with van der Waals surface area (Å²) in [6.45, 7) is 6.35. The molecule has 3 N–H and O–H groups in total. The molecule has 0 saturated carbocycles. The van der Waals surface area contributed by atoms with Crippen LogP contribution in [0.2, 0.25) is 0 Å². The summed E-state index contributed by atoms with van der Waals surface area (Å²) in [5, 5.41) is 2.81. The van der Waals surface area contributed by atoms with Crippen molar-refractivity contribution in [2.45, 2.75) is 26.2 Å². The highest BCUT2D eigenvalue weighted by molar-refractivity contribution is 6.04. The second kappa shape index (κ2) is 11.2. The van der Waals surface area contributed by atoms with Crippen LogP contribution in [-0.4, -0.2) is 24.8 Å². The number of amides is 3. The maximum atomic E-state index is 12.5. The van der Waals surface area contributed by atoms with Gasteiger partial charge in [-0.25, -0.2) is 0 Å². The molecule has 0 radical (unpaired) electrons. The van der Waals surface area contributed by atoms with Crippen molar-refractivity contribution in [1.29, 1.82) is 0 Å². The van der Waals surface area contributed by atoms with Gasteiger partial charge in [-0.05, 0) is 59.5 Å². The molecular weight excluding hydrogens is 442 g/mol. The zero-order chi connectivity index (χ0) is 25.4. The molecule has 35 heavy (non-hydrogen) atoms. The molecule has 7 heteroatoms. The van der Waals surface area contributed by atoms with Crippen molar-refractivity contribution in [2.24, 2.45) is 0 Å². The van der Waals surface area contributed by atoms with Crippen LogP contribution in [0.15, 0.2) is 78.9 Å². The maximum absolute atomic E-state index is 12.5. The monoisotopic (exact) mass is 471 g/mol. The van der Waals surface area contributed by atoms with Crippen LogP contribution in [-0.2, 0) is 10.2 Å². The number of ether oxygens (including phenoxy) is 1. The van der Waals surface area contributed by atoms with Gasteiger partial charge < -0.3 is 10.1 Å². The largest absolute Gasteiger partial charge is 0.496 e. The van der Waals surface area contributed by atoms with Gasteiger partial charge in [-0.2, -0.15) is 0 Å². The number of anilines is 1. The van der Waals surface area contributed by atoms with Gasteiger partial charge in [0.15, 0.2) is 0 Å². The van der Waals surface area contributed by atoms with Crippen molar-refractivity contribution in [3.63, 3.8) is 0 Å². The van der Waals surface area contributed by atoms with E-state index in [4.69, 9.17) is 4.74 Å². The van der Waals surface area contributed by atoms with E-state index in [1.54, 1.807) is 55.7 Å². The highest BCUT2D eigenvalue weighted by atomic mass is 16.5. The highest BCUT2D eigenvalue weighted by Gasteiger charge is 2.14. The van der Waals surface area contributed by atoms with Gasteiger partial charge in [0.1, 0.15) is 5.75 Å². The number of nitrogens with one attached hydrogen (secondary N) is 3. The smallest absolute Gasteiger partial charge is 0.269 e. The van der Waals surface area contributed by atoms with E-state index in [9.17, 15) is 14.4 Å². The minimum absolute atomic E-state index is 0.0105. The van der Waals surface area contributed by atoms with Crippen molar-refractivity contribution < 1.29 is 19.1 Å². The summed E-state index contributed by atoms with van der Waals surface area (Å²) in [5.41, 5.74) is 8.01. The SMILES string of the molecule is COc1ccccc1/C=C/C(=O)NNC(=O)c1ccc(NC(=O)c2ccc(C(C)(C)C)cc2)cc1. The van der Waals surface area contributed by atoms with Gasteiger partial charge in [0, 0.05) is 28.5 Å². The molecule has 0 fully saturated rings. The topological polar surface area (TPSA) is 96.5 Å². The number of rotatable bonds is 6. The first-order valence-corrected chi connectivity index (χ1v) is 11.1. The zero-order valence-electron chi connectivity index (χ0n) is 20.2. The normalized spacial score (nSPS) is 11.1. The van der Waals surface area contributed by atoms with Crippen LogP contribution < -0.4 is 20.9 Å². The second-order valence-electron chi connectivity index (χ2n) is 8.88. The molecule has 7 nitrogen and oxygen atoms in total. The first kappa shape index (κ1) is 25.2. The van der Waals surface area contributed by atoms with E-state index in [0.29, 0.717) is 22.6 Å². The van der Waals surface area contributed by atoms with Crippen LogP contribution in [0.1, 0.15) is 52.6 Å². The molecule has 0 saturated heterocycles. The molecule has 0 aliphatic heterocycles. The molecule has 180 valence electrons. The number of methoxy groups -OCH3 is 1. The van der Waals surface area contributed by atoms with Gasteiger partial charge in [-0.1, -0.05) is 51.1 Å². The van der Waals surface area contributed by atoms with Crippen molar-refractivity contribution in [3.8, 4) is 5.75 Å². The summed E-state index contributed by atoms with van der Waals surface area (Å²) < 4.78 is 5.23. The summed E-state index contributed by atoms with van der Waals surface area (Å²) in [4.78, 5) is 36.9. The number of hydrazine groups is 1. The van der Waals surface area contributed by atoms with Gasteiger partial charge in [0.2, 0.25) is 0 Å². The Morgan fingerprint density at radius 3 is 2.00 bits per heavy atom. The lowest BCUT2D eigenvalue weighted by Gasteiger charge is -2.19. The molecular formula is C28H29N3O4. The number of hydrogen-bond acceptors (Lipinski definition) is 4. The Balaban J connectivity index is 1.52. The third-order valence-electron chi connectivity index (χ3n) is 5.27. The Kier molecular flexibility index (Phi) is 8.04. The van der Waals surface area contributed by atoms with E-state index < -0.39 is 11.8 Å². The zero-order valence-corrected chi connectivity index (χ0v) is 20.2. The van der Waals surface area contributed by atoms with Gasteiger partial charge in [-0.15, -0.1) is 0 Å². The van der Waals surface area contributed by atoms with Crippen LogP contribution in [0.3, 0.4) is 0 Å². The van der Waals surface area contributed by atoms with Crippen LogP contribution >= 0.6 is 0 Å². The highest BCUT2D eigenvalue weighted by Crippen LogP contribution is 2.22. The van der Waals surface area contributed by atoms with Crippen molar-refractivity contribution >= 4 is 29.5 Å². The predicted octanol–water partition coefficient (Wildman–Crippen LogP) is 4.72. The lowest BCUT2D eigenvalue weighted by atomic mass is 9.87. The van der Waals surface area contributed by atoms with Crippen molar-refractivity contribution in [2.75, 3.05) is 12.4 Å². The minimum Gasteiger partial charge on any atom is -0.496 e. The van der Waals surface area contributed by atoms with Gasteiger partial charge >= 0.3 is 0 Å². The molecule has 0 unspecified atom stereocenters. The number of hydrogen-bond donors (Lipinski definition) is 3. The van der Waals surface area contributed by atoms with Crippen LogP contribution in [0.5, 0.6) is 5.75 Å². The number of carbonyl (C=O) groups is 3. The molecule has 3 rings (SSSR count). The first-order chi connectivity index (χ1) is 16.7. The molecule has 0 aliphatic rings. The second-order valence-corrected chi connectivity index (χ2v) is 8.88. The fourth-order valence-electron chi connectivity index (χ4n) is 3.23. The molecule has 0 heterocycles. The number of carbonyl (C=O) groups excluding carboxylic acids is 3. The predicted molar refractivity (Wildman–Crippen MR) is 137 cm³/mol. The van der Waals surface area contributed by atoms with Crippen LogP contribution in [0.25, 0.3) is 6.08 Å². The van der Waals surface area contributed by atoms with Gasteiger partial charge in [0.25, 0.3) is 17.7 Å². The molecule has 0 aromatic heterocycles. The third-order valence-corrected chi connectivity index (χ3v) is 5.27. The van der Waals surface area contributed by atoms with Crippen molar-refractivity contribution in [1.82, 2.24) is 10.9 Å². The van der Waals surface area contributed by atoms with E-state index in [2.05, 4.69) is 36.9 Å². The molecule has 0 spiro atoms. The Labute approximate surface area is 205 Å². The summed E-state index contributed by atoms with van der Waals surface area (Å²) in [6, 6.07) is 21.1. The first-order valence-electron chi connectivity index (χ1n) is 11.1. The fourth-order valence-corrected chi connectivity index (χ4v) is 3.23. The lowest BCUT2D eigenvalue weighted by Crippen LogP contribution is -2.40. The van der Waals surface area contributed by atoms with Gasteiger partial charge in [-0.3, -0.25) is 25.2 Å². The average Bonchev–Trinajstić information content (AvgIpc) is 2.86. The number of para-hydroxylation sites is 1. The lowest BCUT2D eigenvalue weighted by molar-refractivity contribution is -0.117. The van der Waals surface area contributed by atoms with E-state index in [-0.39, 0.29) is 11.3 Å². The Hall–Kier alpha value is -4.39. The van der Waals surface area contributed by atoms with E-state index in [0.717, 1.165) is 11.1 Å². The number of benzene rings is 3.